The van der Waals surface area contributed by atoms with Crippen molar-refractivity contribution < 1.29 is 9.53 Å². The first kappa shape index (κ1) is 12.3. The summed E-state index contributed by atoms with van der Waals surface area (Å²) < 4.78 is 5.14. The van der Waals surface area contributed by atoms with Crippen LogP contribution in [0.5, 0.6) is 5.75 Å². The number of aromatic amines is 1. The van der Waals surface area contributed by atoms with Crippen molar-refractivity contribution in [3.05, 3.63) is 60.3 Å². The van der Waals surface area contributed by atoms with Crippen molar-refractivity contribution in [2.75, 3.05) is 12.4 Å². The van der Waals surface area contributed by atoms with E-state index in [0.29, 0.717) is 17.0 Å². The molecule has 3 aromatic rings. The van der Waals surface area contributed by atoms with Gasteiger partial charge in [0.05, 0.1) is 18.2 Å². The Morgan fingerprint density at radius 1 is 1.15 bits per heavy atom. The van der Waals surface area contributed by atoms with Gasteiger partial charge in [0.1, 0.15) is 5.75 Å². The van der Waals surface area contributed by atoms with Crippen LogP contribution in [0.25, 0.3) is 10.9 Å². The van der Waals surface area contributed by atoms with E-state index < -0.39 is 0 Å². The minimum absolute atomic E-state index is 0.147. The summed E-state index contributed by atoms with van der Waals surface area (Å²) in [6, 6.07) is 14.9. The summed E-state index contributed by atoms with van der Waals surface area (Å²) in [5, 5.41) is 3.89. The number of aromatic nitrogens is 1. The largest absolute Gasteiger partial charge is 0.497 e. The van der Waals surface area contributed by atoms with Gasteiger partial charge >= 0.3 is 0 Å². The molecule has 0 unspecified atom stereocenters. The Morgan fingerprint density at radius 2 is 2.00 bits per heavy atom. The first-order valence-electron chi connectivity index (χ1n) is 6.29. The highest BCUT2D eigenvalue weighted by molar-refractivity contribution is 6.12. The summed E-state index contributed by atoms with van der Waals surface area (Å²) in [4.78, 5) is 15.4. The molecule has 2 aromatic carbocycles. The number of anilines is 1. The van der Waals surface area contributed by atoms with Crippen LogP contribution >= 0.6 is 0 Å². The van der Waals surface area contributed by atoms with E-state index >= 15 is 0 Å². The molecule has 1 aromatic heterocycles. The van der Waals surface area contributed by atoms with Gasteiger partial charge in [0.25, 0.3) is 5.91 Å². The Hall–Kier alpha value is -2.75. The standard InChI is InChI=1S/C16H14N2O2/c1-20-13-6-3-5-12(10-13)18-16(19)14-7-2-4-11-8-9-17-15(11)14/h2-10,17H,1H3,(H,18,19). The molecule has 4 nitrogen and oxygen atoms in total. The number of amides is 1. The fourth-order valence-corrected chi connectivity index (χ4v) is 2.17. The Bertz CT molecular complexity index is 762. The third-order valence-electron chi connectivity index (χ3n) is 3.16. The highest BCUT2D eigenvalue weighted by Gasteiger charge is 2.11. The molecule has 20 heavy (non-hydrogen) atoms. The van der Waals surface area contributed by atoms with Gasteiger partial charge in [0, 0.05) is 23.3 Å². The third-order valence-corrected chi connectivity index (χ3v) is 3.16. The number of hydrogen-bond donors (Lipinski definition) is 2. The van der Waals surface area contributed by atoms with Crippen LogP contribution in [-0.2, 0) is 0 Å². The van der Waals surface area contributed by atoms with Crippen molar-refractivity contribution in [3.8, 4) is 5.75 Å². The van der Waals surface area contributed by atoms with E-state index in [1.54, 1.807) is 19.2 Å². The number of rotatable bonds is 3. The van der Waals surface area contributed by atoms with Gasteiger partial charge in [0.15, 0.2) is 0 Å². The lowest BCUT2D eigenvalue weighted by atomic mass is 10.1. The Morgan fingerprint density at radius 3 is 2.85 bits per heavy atom. The fourth-order valence-electron chi connectivity index (χ4n) is 2.17. The van der Waals surface area contributed by atoms with Gasteiger partial charge in [-0.15, -0.1) is 0 Å². The lowest BCUT2D eigenvalue weighted by molar-refractivity contribution is 0.102. The maximum absolute atomic E-state index is 12.4. The van der Waals surface area contributed by atoms with Crippen molar-refractivity contribution in [1.82, 2.24) is 4.98 Å². The second-order valence-corrected chi connectivity index (χ2v) is 4.43. The van der Waals surface area contributed by atoms with Gasteiger partial charge in [-0.3, -0.25) is 4.79 Å². The molecule has 0 saturated heterocycles. The molecule has 0 aliphatic carbocycles. The molecular weight excluding hydrogens is 252 g/mol. The van der Waals surface area contributed by atoms with E-state index in [1.165, 1.54) is 0 Å². The number of methoxy groups -OCH3 is 1. The SMILES string of the molecule is COc1cccc(NC(=O)c2cccc3cc[nH]c23)c1. The monoisotopic (exact) mass is 266 g/mol. The second-order valence-electron chi connectivity index (χ2n) is 4.43. The number of para-hydroxylation sites is 1. The van der Waals surface area contributed by atoms with E-state index in [0.717, 1.165) is 10.9 Å². The van der Waals surface area contributed by atoms with Crippen LogP contribution in [0.3, 0.4) is 0 Å². The molecule has 0 atom stereocenters. The van der Waals surface area contributed by atoms with Crippen LogP contribution in [0.2, 0.25) is 0 Å². The van der Waals surface area contributed by atoms with Gasteiger partial charge in [-0.1, -0.05) is 18.2 Å². The summed E-state index contributed by atoms with van der Waals surface area (Å²) in [6.45, 7) is 0. The van der Waals surface area contributed by atoms with Crippen LogP contribution in [0.15, 0.2) is 54.7 Å². The first-order chi connectivity index (χ1) is 9.78. The van der Waals surface area contributed by atoms with E-state index in [9.17, 15) is 4.79 Å². The smallest absolute Gasteiger partial charge is 0.257 e. The highest BCUT2D eigenvalue weighted by atomic mass is 16.5. The summed E-state index contributed by atoms with van der Waals surface area (Å²) in [5.41, 5.74) is 2.17. The van der Waals surface area contributed by atoms with Gasteiger partial charge in [-0.05, 0) is 24.3 Å². The lowest BCUT2D eigenvalue weighted by Gasteiger charge is -2.07. The van der Waals surface area contributed by atoms with Crippen LogP contribution in [-0.4, -0.2) is 18.0 Å². The van der Waals surface area contributed by atoms with Gasteiger partial charge < -0.3 is 15.0 Å². The second kappa shape index (κ2) is 5.09. The number of H-pyrrole nitrogens is 1. The van der Waals surface area contributed by atoms with Gasteiger partial charge in [-0.25, -0.2) is 0 Å². The summed E-state index contributed by atoms with van der Waals surface area (Å²) >= 11 is 0. The van der Waals surface area contributed by atoms with Crippen LogP contribution in [0.4, 0.5) is 5.69 Å². The molecule has 100 valence electrons. The molecule has 1 heterocycles. The van der Waals surface area contributed by atoms with Crippen molar-refractivity contribution in [2.24, 2.45) is 0 Å². The average molecular weight is 266 g/mol. The highest BCUT2D eigenvalue weighted by Crippen LogP contribution is 2.20. The lowest BCUT2D eigenvalue weighted by Crippen LogP contribution is -2.12. The molecule has 4 heteroatoms. The third kappa shape index (κ3) is 2.23. The molecule has 0 saturated carbocycles. The van der Waals surface area contributed by atoms with Crippen molar-refractivity contribution in [2.45, 2.75) is 0 Å². The zero-order valence-electron chi connectivity index (χ0n) is 11.0. The number of ether oxygens (including phenoxy) is 1. The molecule has 0 fully saturated rings. The molecule has 0 aliphatic rings. The number of fused-ring (bicyclic) bond motifs is 1. The molecule has 1 amide bonds. The zero-order valence-corrected chi connectivity index (χ0v) is 11.0. The molecule has 0 bridgehead atoms. The number of carbonyl (C=O) groups excluding carboxylic acids is 1. The first-order valence-corrected chi connectivity index (χ1v) is 6.29. The van der Waals surface area contributed by atoms with E-state index in [2.05, 4.69) is 10.3 Å². The minimum atomic E-state index is -0.147. The van der Waals surface area contributed by atoms with Gasteiger partial charge in [0.2, 0.25) is 0 Å². The van der Waals surface area contributed by atoms with Crippen LogP contribution in [0.1, 0.15) is 10.4 Å². The average Bonchev–Trinajstić information content (AvgIpc) is 2.95. The number of carbonyl (C=O) groups is 1. The Labute approximate surface area is 116 Å². The topological polar surface area (TPSA) is 54.1 Å². The van der Waals surface area contributed by atoms with Crippen molar-refractivity contribution >= 4 is 22.5 Å². The molecule has 0 spiro atoms. The number of hydrogen-bond acceptors (Lipinski definition) is 2. The number of nitrogens with one attached hydrogen (secondary N) is 2. The quantitative estimate of drug-likeness (QED) is 0.763. The van der Waals surface area contributed by atoms with E-state index in [-0.39, 0.29) is 5.91 Å². The maximum atomic E-state index is 12.4. The predicted molar refractivity (Wildman–Crippen MR) is 79.2 cm³/mol. The van der Waals surface area contributed by atoms with Crippen LogP contribution < -0.4 is 10.1 Å². The maximum Gasteiger partial charge on any atom is 0.257 e. The minimum Gasteiger partial charge on any atom is -0.497 e. The normalized spacial score (nSPS) is 10.4. The van der Waals surface area contributed by atoms with E-state index in [1.807, 2.05) is 42.6 Å². The molecule has 0 radical (unpaired) electrons. The zero-order chi connectivity index (χ0) is 13.9. The van der Waals surface area contributed by atoms with Crippen LogP contribution in [0, 0.1) is 0 Å². The molecule has 2 N–H and O–H groups in total. The Kier molecular flexibility index (Phi) is 3.13. The Balaban J connectivity index is 1.91. The molecule has 3 rings (SSSR count). The van der Waals surface area contributed by atoms with E-state index in [4.69, 9.17) is 4.74 Å². The summed E-state index contributed by atoms with van der Waals surface area (Å²) in [7, 11) is 1.60. The summed E-state index contributed by atoms with van der Waals surface area (Å²) in [5.74, 6) is 0.562. The number of benzene rings is 2. The predicted octanol–water partition coefficient (Wildman–Crippen LogP) is 3.43. The fraction of sp³-hybridized carbons (Fsp3) is 0.0625. The van der Waals surface area contributed by atoms with Crippen molar-refractivity contribution in [1.29, 1.82) is 0 Å². The summed E-state index contributed by atoms with van der Waals surface area (Å²) in [6.07, 6.45) is 1.83. The van der Waals surface area contributed by atoms with Crippen molar-refractivity contribution in [3.63, 3.8) is 0 Å². The molecular formula is C16H14N2O2. The molecule has 0 aliphatic heterocycles. The van der Waals surface area contributed by atoms with Gasteiger partial charge in [-0.2, -0.15) is 0 Å².